The van der Waals surface area contributed by atoms with E-state index in [0.717, 1.165) is 19.8 Å². The largest absolute Gasteiger partial charge is 0.376 e. The van der Waals surface area contributed by atoms with Gasteiger partial charge in [-0.3, -0.25) is 0 Å². The van der Waals surface area contributed by atoms with Crippen LogP contribution in [0.25, 0.3) is 0 Å². The third-order valence-corrected chi connectivity index (χ3v) is 4.42. The Hall–Kier alpha value is -0.120. The molecule has 1 heterocycles. The van der Waals surface area contributed by atoms with Crippen LogP contribution < -0.4 is 5.32 Å². The van der Waals surface area contributed by atoms with Crippen LogP contribution >= 0.6 is 0 Å². The van der Waals surface area contributed by atoms with Crippen molar-refractivity contribution >= 4 is 0 Å². The van der Waals surface area contributed by atoms with Gasteiger partial charge in [0.05, 0.1) is 18.8 Å². The van der Waals surface area contributed by atoms with E-state index in [1.54, 1.807) is 0 Å². The Labute approximate surface area is 112 Å². The Bertz CT molecular complexity index is 249. The van der Waals surface area contributed by atoms with Crippen molar-refractivity contribution in [1.82, 2.24) is 5.32 Å². The highest BCUT2D eigenvalue weighted by atomic mass is 16.5. The minimum atomic E-state index is 0.348. The Morgan fingerprint density at radius 1 is 1.33 bits per heavy atom. The van der Waals surface area contributed by atoms with Gasteiger partial charge in [0.25, 0.3) is 0 Å². The van der Waals surface area contributed by atoms with Gasteiger partial charge in [0.1, 0.15) is 0 Å². The zero-order chi connectivity index (χ0) is 13.0. The molecular formula is C15H29NO2. The van der Waals surface area contributed by atoms with Gasteiger partial charge in [-0.2, -0.15) is 0 Å². The van der Waals surface area contributed by atoms with Crippen molar-refractivity contribution in [2.75, 3.05) is 19.8 Å². The zero-order valence-electron chi connectivity index (χ0n) is 12.2. The molecule has 106 valence electrons. The second kappa shape index (κ2) is 6.36. The SMILES string of the molecule is CCCNC1C(OCC2CCCO2)CCC1(C)C. The first-order valence-electron chi connectivity index (χ1n) is 7.60. The summed E-state index contributed by atoms with van der Waals surface area (Å²) in [5.41, 5.74) is 0.358. The molecule has 2 rings (SSSR count). The summed E-state index contributed by atoms with van der Waals surface area (Å²) in [6.07, 6.45) is 6.71. The molecule has 2 aliphatic rings. The van der Waals surface area contributed by atoms with Gasteiger partial charge in [-0.25, -0.2) is 0 Å². The maximum absolute atomic E-state index is 6.14. The fourth-order valence-corrected chi connectivity index (χ4v) is 3.23. The second-order valence-electron chi connectivity index (χ2n) is 6.47. The third-order valence-electron chi connectivity index (χ3n) is 4.42. The average molecular weight is 255 g/mol. The number of ether oxygens (including phenoxy) is 2. The minimum Gasteiger partial charge on any atom is -0.376 e. The van der Waals surface area contributed by atoms with E-state index in [1.165, 1.54) is 32.1 Å². The summed E-state index contributed by atoms with van der Waals surface area (Å²) >= 11 is 0. The molecule has 0 bridgehead atoms. The predicted octanol–water partition coefficient (Wildman–Crippen LogP) is 2.74. The fraction of sp³-hybridized carbons (Fsp3) is 1.00. The maximum atomic E-state index is 6.14. The van der Waals surface area contributed by atoms with E-state index in [0.29, 0.717) is 23.7 Å². The van der Waals surface area contributed by atoms with E-state index < -0.39 is 0 Å². The van der Waals surface area contributed by atoms with Gasteiger partial charge in [0.15, 0.2) is 0 Å². The van der Waals surface area contributed by atoms with Crippen molar-refractivity contribution in [2.45, 2.75) is 71.1 Å². The standard InChI is InChI=1S/C15H29NO2/c1-4-9-16-14-13(7-8-15(14,2)3)18-11-12-6-5-10-17-12/h12-14,16H,4-11H2,1-3H3. The zero-order valence-corrected chi connectivity index (χ0v) is 12.2. The van der Waals surface area contributed by atoms with Gasteiger partial charge in [-0.15, -0.1) is 0 Å². The molecule has 2 fully saturated rings. The van der Waals surface area contributed by atoms with Crippen LogP contribution in [-0.4, -0.2) is 38.0 Å². The second-order valence-corrected chi connectivity index (χ2v) is 6.47. The Kier molecular flexibility index (Phi) is 5.05. The van der Waals surface area contributed by atoms with Crippen LogP contribution in [0.2, 0.25) is 0 Å². The molecule has 0 aromatic carbocycles. The van der Waals surface area contributed by atoms with Crippen LogP contribution in [0.4, 0.5) is 0 Å². The van der Waals surface area contributed by atoms with Gasteiger partial charge < -0.3 is 14.8 Å². The van der Waals surface area contributed by atoms with Crippen LogP contribution in [0.5, 0.6) is 0 Å². The predicted molar refractivity (Wildman–Crippen MR) is 73.8 cm³/mol. The number of nitrogens with one attached hydrogen (secondary N) is 1. The lowest BCUT2D eigenvalue weighted by Gasteiger charge is -2.32. The van der Waals surface area contributed by atoms with Crippen LogP contribution in [0.3, 0.4) is 0 Å². The molecule has 0 aromatic heterocycles. The summed E-state index contributed by atoms with van der Waals surface area (Å²) in [6.45, 7) is 9.73. The van der Waals surface area contributed by atoms with Gasteiger partial charge in [-0.1, -0.05) is 20.8 Å². The van der Waals surface area contributed by atoms with Crippen molar-refractivity contribution in [3.05, 3.63) is 0 Å². The quantitative estimate of drug-likeness (QED) is 0.791. The summed E-state index contributed by atoms with van der Waals surface area (Å²) in [5.74, 6) is 0. The summed E-state index contributed by atoms with van der Waals surface area (Å²) in [5, 5.41) is 3.68. The van der Waals surface area contributed by atoms with E-state index in [9.17, 15) is 0 Å². The summed E-state index contributed by atoms with van der Waals surface area (Å²) in [4.78, 5) is 0. The summed E-state index contributed by atoms with van der Waals surface area (Å²) in [7, 11) is 0. The van der Waals surface area contributed by atoms with E-state index in [1.807, 2.05) is 0 Å². The highest BCUT2D eigenvalue weighted by Crippen LogP contribution is 2.39. The summed E-state index contributed by atoms with van der Waals surface area (Å²) in [6, 6.07) is 0.499. The molecule has 1 saturated carbocycles. The average Bonchev–Trinajstić information content (AvgIpc) is 2.92. The lowest BCUT2D eigenvalue weighted by Crippen LogP contribution is -2.46. The number of rotatable bonds is 6. The lowest BCUT2D eigenvalue weighted by atomic mass is 9.87. The van der Waals surface area contributed by atoms with E-state index >= 15 is 0 Å². The van der Waals surface area contributed by atoms with E-state index in [2.05, 4.69) is 26.1 Å². The first kappa shape index (κ1) is 14.3. The Morgan fingerprint density at radius 3 is 2.83 bits per heavy atom. The molecule has 1 N–H and O–H groups in total. The van der Waals surface area contributed by atoms with Gasteiger partial charge in [0, 0.05) is 12.6 Å². The molecule has 0 spiro atoms. The van der Waals surface area contributed by atoms with Crippen LogP contribution in [0.1, 0.15) is 52.9 Å². The van der Waals surface area contributed by atoms with Crippen LogP contribution in [0, 0.1) is 5.41 Å². The molecule has 1 aliphatic heterocycles. The maximum Gasteiger partial charge on any atom is 0.0809 e. The first-order valence-corrected chi connectivity index (χ1v) is 7.60. The van der Waals surface area contributed by atoms with E-state index in [-0.39, 0.29) is 0 Å². The first-order chi connectivity index (χ1) is 8.63. The summed E-state index contributed by atoms with van der Waals surface area (Å²) < 4.78 is 11.8. The molecule has 3 nitrogen and oxygen atoms in total. The van der Waals surface area contributed by atoms with Crippen molar-refractivity contribution < 1.29 is 9.47 Å². The number of hydrogen-bond donors (Lipinski definition) is 1. The molecule has 0 aromatic rings. The molecule has 3 heteroatoms. The van der Waals surface area contributed by atoms with Crippen molar-refractivity contribution in [3.63, 3.8) is 0 Å². The molecule has 18 heavy (non-hydrogen) atoms. The number of hydrogen-bond acceptors (Lipinski definition) is 3. The minimum absolute atomic E-state index is 0.348. The molecular weight excluding hydrogens is 226 g/mol. The molecule has 3 atom stereocenters. The normalized spacial score (nSPS) is 35.2. The third kappa shape index (κ3) is 3.46. The topological polar surface area (TPSA) is 30.5 Å². The molecule has 1 saturated heterocycles. The monoisotopic (exact) mass is 255 g/mol. The van der Waals surface area contributed by atoms with Crippen LogP contribution in [0.15, 0.2) is 0 Å². The van der Waals surface area contributed by atoms with Crippen LogP contribution in [-0.2, 0) is 9.47 Å². The lowest BCUT2D eigenvalue weighted by molar-refractivity contribution is -0.0323. The molecule has 0 radical (unpaired) electrons. The van der Waals surface area contributed by atoms with Gasteiger partial charge >= 0.3 is 0 Å². The van der Waals surface area contributed by atoms with Gasteiger partial charge in [-0.05, 0) is 44.1 Å². The highest BCUT2D eigenvalue weighted by molar-refractivity contribution is 4.97. The molecule has 3 unspecified atom stereocenters. The molecule has 0 amide bonds. The molecule has 1 aliphatic carbocycles. The van der Waals surface area contributed by atoms with Crippen molar-refractivity contribution in [2.24, 2.45) is 5.41 Å². The highest BCUT2D eigenvalue weighted by Gasteiger charge is 2.42. The van der Waals surface area contributed by atoms with Gasteiger partial charge in [0.2, 0.25) is 0 Å². The Balaban J connectivity index is 1.81. The fourth-order valence-electron chi connectivity index (χ4n) is 3.23. The smallest absolute Gasteiger partial charge is 0.0809 e. The van der Waals surface area contributed by atoms with Crippen molar-refractivity contribution in [1.29, 1.82) is 0 Å². The Morgan fingerprint density at radius 2 is 2.17 bits per heavy atom. The van der Waals surface area contributed by atoms with Crippen molar-refractivity contribution in [3.8, 4) is 0 Å². The van der Waals surface area contributed by atoms with E-state index in [4.69, 9.17) is 9.47 Å².